The number of halogens is 3. The maximum atomic E-state index is 14.1. The maximum Gasteiger partial charge on any atom is 0.416 e. The Kier molecular flexibility index (Phi) is 6.31. The van der Waals surface area contributed by atoms with Crippen molar-refractivity contribution in [1.82, 2.24) is 15.1 Å². The molecule has 1 unspecified atom stereocenters. The highest BCUT2D eigenvalue weighted by Crippen LogP contribution is 2.40. The van der Waals surface area contributed by atoms with Crippen LogP contribution in [-0.2, 0) is 19.1 Å². The van der Waals surface area contributed by atoms with Crippen molar-refractivity contribution in [2.45, 2.75) is 51.4 Å². The number of amides is 2. The smallest absolute Gasteiger partial charge is 0.391 e. The van der Waals surface area contributed by atoms with E-state index in [4.69, 9.17) is 0 Å². The second-order valence-electron chi connectivity index (χ2n) is 9.85. The molecule has 2 aliphatic rings. The SMILES string of the molecule is Cc1c[nH]nc1CC(C)c1cccc(N2Cc3c(cc(C(=O)N4CC[C@H](O)C4)cc3C(F)(F)F)C2=O)c1. The zero-order valence-corrected chi connectivity index (χ0v) is 20.5. The summed E-state index contributed by atoms with van der Waals surface area (Å²) in [5.74, 6) is -1.14. The number of β-amino-alcohol motifs (C(OH)–C–C–N with tert-alkyl or cyclic N) is 1. The lowest BCUT2D eigenvalue weighted by Crippen LogP contribution is -2.30. The summed E-state index contributed by atoms with van der Waals surface area (Å²) in [5.41, 5.74) is 1.96. The van der Waals surface area contributed by atoms with Gasteiger partial charge in [-0.1, -0.05) is 19.1 Å². The second kappa shape index (κ2) is 9.33. The van der Waals surface area contributed by atoms with Crippen LogP contribution in [-0.4, -0.2) is 51.2 Å². The summed E-state index contributed by atoms with van der Waals surface area (Å²) in [6.07, 6.45) is -2.59. The van der Waals surface area contributed by atoms with Crippen LogP contribution in [0, 0.1) is 6.92 Å². The molecule has 2 atom stereocenters. The molecule has 2 aromatic carbocycles. The molecule has 1 saturated heterocycles. The standard InChI is InChI=1S/C27H27F3N4O3/c1-15(8-24-16(2)12-31-32-24)17-4-3-5-19(9-17)34-14-22-21(26(34)37)10-18(11-23(22)27(28,29)30)25(36)33-7-6-20(35)13-33/h3-5,9-12,15,20,35H,6-8,13-14H2,1-2H3,(H,31,32)/t15?,20-/m0/s1. The van der Waals surface area contributed by atoms with E-state index < -0.39 is 29.7 Å². The average molecular weight is 513 g/mol. The zero-order chi connectivity index (χ0) is 26.5. The van der Waals surface area contributed by atoms with Gasteiger partial charge in [-0.05, 0) is 66.6 Å². The van der Waals surface area contributed by atoms with E-state index in [1.165, 1.54) is 15.9 Å². The largest absolute Gasteiger partial charge is 0.416 e. The summed E-state index contributed by atoms with van der Waals surface area (Å²) in [5, 5.41) is 16.9. The van der Waals surface area contributed by atoms with Gasteiger partial charge in [-0.15, -0.1) is 0 Å². The van der Waals surface area contributed by atoms with Gasteiger partial charge in [0.15, 0.2) is 0 Å². The molecule has 0 radical (unpaired) electrons. The molecule has 2 aliphatic heterocycles. The van der Waals surface area contributed by atoms with Crippen molar-refractivity contribution < 1.29 is 27.9 Å². The zero-order valence-electron chi connectivity index (χ0n) is 20.5. The van der Waals surface area contributed by atoms with E-state index in [0.29, 0.717) is 18.5 Å². The minimum Gasteiger partial charge on any atom is -0.391 e. The average Bonchev–Trinajstić information content (AvgIpc) is 3.56. The Morgan fingerprint density at radius 1 is 1.27 bits per heavy atom. The van der Waals surface area contributed by atoms with Crippen molar-refractivity contribution >= 4 is 17.5 Å². The number of likely N-dealkylation sites (tertiary alicyclic amines) is 1. The van der Waals surface area contributed by atoms with E-state index in [9.17, 15) is 27.9 Å². The fraction of sp³-hybridized carbons (Fsp3) is 0.370. The molecule has 2 N–H and O–H groups in total. The number of H-pyrrole nitrogens is 1. The number of rotatable bonds is 5. The Balaban J connectivity index is 1.46. The monoisotopic (exact) mass is 512 g/mol. The summed E-state index contributed by atoms with van der Waals surface area (Å²) in [6.45, 7) is 4.06. The first-order chi connectivity index (χ1) is 17.5. The highest BCUT2D eigenvalue weighted by atomic mass is 19.4. The molecule has 0 spiro atoms. The highest BCUT2D eigenvalue weighted by molar-refractivity contribution is 6.11. The first-order valence-electron chi connectivity index (χ1n) is 12.2. The van der Waals surface area contributed by atoms with Gasteiger partial charge < -0.3 is 14.9 Å². The Bertz CT molecular complexity index is 1370. The second-order valence-corrected chi connectivity index (χ2v) is 9.85. The minimum atomic E-state index is -4.74. The number of aliphatic hydroxyl groups excluding tert-OH is 1. The van der Waals surface area contributed by atoms with Gasteiger partial charge in [-0.3, -0.25) is 14.7 Å². The van der Waals surface area contributed by atoms with Crippen LogP contribution in [0.5, 0.6) is 0 Å². The molecule has 3 heterocycles. The molecule has 2 amide bonds. The van der Waals surface area contributed by atoms with E-state index in [2.05, 4.69) is 10.2 Å². The molecule has 37 heavy (non-hydrogen) atoms. The third-order valence-electron chi connectivity index (χ3n) is 7.23. The van der Waals surface area contributed by atoms with Crippen LogP contribution in [0.2, 0.25) is 0 Å². The number of aromatic nitrogens is 2. The van der Waals surface area contributed by atoms with Gasteiger partial charge in [0.05, 0.1) is 23.9 Å². The number of alkyl halides is 3. The molecule has 1 fully saturated rings. The first kappa shape index (κ1) is 25.0. The Hall–Kier alpha value is -3.66. The van der Waals surface area contributed by atoms with Crippen LogP contribution in [0.1, 0.15) is 67.9 Å². The van der Waals surface area contributed by atoms with Crippen molar-refractivity contribution in [3.05, 3.63) is 81.7 Å². The third-order valence-corrected chi connectivity index (χ3v) is 7.23. The number of hydrogen-bond acceptors (Lipinski definition) is 4. The Morgan fingerprint density at radius 3 is 2.70 bits per heavy atom. The molecule has 0 aliphatic carbocycles. The molecule has 194 valence electrons. The number of carbonyl (C=O) groups excluding carboxylic acids is 2. The summed E-state index contributed by atoms with van der Waals surface area (Å²) < 4.78 is 42.2. The fourth-order valence-corrected chi connectivity index (χ4v) is 5.09. The highest BCUT2D eigenvalue weighted by Gasteiger charge is 2.41. The van der Waals surface area contributed by atoms with Crippen LogP contribution in [0.4, 0.5) is 18.9 Å². The summed E-state index contributed by atoms with van der Waals surface area (Å²) >= 11 is 0. The van der Waals surface area contributed by atoms with Gasteiger partial charge in [0.2, 0.25) is 0 Å². The molecule has 1 aromatic heterocycles. The molecular weight excluding hydrogens is 485 g/mol. The van der Waals surface area contributed by atoms with Crippen LogP contribution < -0.4 is 4.90 Å². The fourth-order valence-electron chi connectivity index (χ4n) is 5.09. The predicted octanol–water partition coefficient (Wildman–Crippen LogP) is 4.45. The normalized spacial score (nSPS) is 18.4. The number of nitrogens with zero attached hydrogens (tertiary/aromatic N) is 3. The van der Waals surface area contributed by atoms with Gasteiger partial charge in [0.25, 0.3) is 11.8 Å². The lowest BCUT2D eigenvalue weighted by molar-refractivity contribution is -0.138. The van der Waals surface area contributed by atoms with Gasteiger partial charge in [0, 0.05) is 36.1 Å². The Morgan fingerprint density at radius 2 is 2.05 bits per heavy atom. The number of aryl methyl sites for hydroxylation is 1. The van der Waals surface area contributed by atoms with Crippen molar-refractivity contribution in [3.8, 4) is 0 Å². The molecule has 0 saturated carbocycles. The quantitative estimate of drug-likeness (QED) is 0.529. The Labute approximate surface area is 211 Å². The van der Waals surface area contributed by atoms with Crippen molar-refractivity contribution in [2.24, 2.45) is 0 Å². The van der Waals surface area contributed by atoms with E-state index in [1.54, 1.807) is 12.1 Å². The summed E-state index contributed by atoms with van der Waals surface area (Å²) in [6, 6.07) is 9.31. The van der Waals surface area contributed by atoms with Crippen LogP contribution in [0.25, 0.3) is 0 Å². The third kappa shape index (κ3) is 4.73. The van der Waals surface area contributed by atoms with E-state index in [0.717, 1.165) is 22.9 Å². The topological polar surface area (TPSA) is 89.5 Å². The van der Waals surface area contributed by atoms with Crippen LogP contribution in [0.3, 0.4) is 0 Å². The van der Waals surface area contributed by atoms with E-state index in [-0.39, 0.29) is 42.2 Å². The van der Waals surface area contributed by atoms with Crippen molar-refractivity contribution in [2.75, 3.05) is 18.0 Å². The van der Waals surface area contributed by atoms with Crippen LogP contribution in [0.15, 0.2) is 42.6 Å². The molecule has 10 heteroatoms. The van der Waals surface area contributed by atoms with E-state index in [1.807, 2.05) is 32.2 Å². The number of nitrogens with one attached hydrogen (secondary N) is 1. The van der Waals surface area contributed by atoms with Gasteiger partial charge >= 0.3 is 6.18 Å². The molecule has 7 nitrogen and oxygen atoms in total. The van der Waals surface area contributed by atoms with E-state index >= 15 is 0 Å². The number of fused-ring (bicyclic) bond motifs is 1. The number of aliphatic hydroxyl groups is 1. The van der Waals surface area contributed by atoms with Gasteiger partial charge in [-0.25, -0.2) is 0 Å². The molecule has 5 rings (SSSR count). The minimum absolute atomic E-state index is 0.0557. The van der Waals surface area contributed by atoms with Gasteiger partial charge in [-0.2, -0.15) is 18.3 Å². The maximum absolute atomic E-state index is 14.1. The first-order valence-corrected chi connectivity index (χ1v) is 12.2. The van der Waals surface area contributed by atoms with Crippen LogP contribution >= 0.6 is 0 Å². The molecular formula is C27H27F3N4O3. The summed E-state index contributed by atoms with van der Waals surface area (Å²) in [4.78, 5) is 28.9. The number of carbonyl (C=O) groups is 2. The summed E-state index contributed by atoms with van der Waals surface area (Å²) in [7, 11) is 0. The van der Waals surface area contributed by atoms with Crippen molar-refractivity contribution in [3.63, 3.8) is 0 Å². The number of hydrogen-bond donors (Lipinski definition) is 2. The molecule has 0 bridgehead atoms. The lowest BCUT2D eigenvalue weighted by atomic mass is 9.94. The number of anilines is 1. The predicted molar refractivity (Wildman–Crippen MR) is 130 cm³/mol. The van der Waals surface area contributed by atoms with Crippen molar-refractivity contribution in [1.29, 1.82) is 0 Å². The lowest BCUT2D eigenvalue weighted by Gasteiger charge is -2.19. The number of aromatic amines is 1. The molecule has 3 aromatic rings. The number of benzene rings is 2. The van der Waals surface area contributed by atoms with Gasteiger partial charge in [0.1, 0.15) is 0 Å².